The van der Waals surface area contributed by atoms with Crippen molar-refractivity contribution in [3.8, 4) is 11.5 Å². The lowest BCUT2D eigenvalue weighted by Gasteiger charge is -2.13. The molecule has 0 bridgehead atoms. The number of ether oxygens (including phenoxy) is 2. The number of hydrogen-bond donors (Lipinski definition) is 2. The molecule has 1 aromatic rings. The third-order valence-corrected chi connectivity index (χ3v) is 4.06. The first-order valence-corrected chi connectivity index (χ1v) is 8.69. The first kappa shape index (κ1) is 18.4. The third kappa shape index (κ3) is 6.28. The summed E-state index contributed by atoms with van der Waals surface area (Å²) in [7, 11) is 3.83. The second-order valence-corrected chi connectivity index (χ2v) is 6.09. The molecule has 1 aromatic carbocycles. The van der Waals surface area contributed by atoms with Gasteiger partial charge in [0.25, 0.3) is 0 Å². The predicted octanol–water partition coefficient (Wildman–Crippen LogP) is 1.58. The number of hydrogen-bond acceptors (Lipinski definition) is 4. The maximum absolute atomic E-state index is 5.72. The lowest BCUT2D eigenvalue weighted by atomic mass is 10.1. The predicted molar refractivity (Wildman–Crippen MR) is 98.1 cm³/mol. The summed E-state index contributed by atoms with van der Waals surface area (Å²) in [4.78, 5) is 7.06. The molecule has 1 saturated heterocycles. The fraction of sp³-hybridized carbons (Fsp3) is 0.611. The van der Waals surface area contributed by atoms with Crippen molar-refractivity contribution < 1.29 is 9.47 Å². The standard InChI is InChI=1S/C18H30N4O2/c1-4-19-18(21-13-15-9-11-22(2)14-15)20-10-12-24-17-7-5-16(23-3)6-8-17/h5-8,15H,4,9-14H2,1-3H3,(H2,19,20,21). The van der Waals surface area contributed by atoms with Gasteiger partial charge in [-0.1, -0.05) is 0 Å². The van der Waals surface area contributed by atoms with Crippen LogP contribution in [0.25, 0.3) is 0 Å². The van der Waals surface area contributed by atoms with Crippen LogP contribution in [0, 0.1) is 5.92 Å². The Labute approximate surface area is 145 Å². The summed E-state index contributed by atoms with van der Waals surface area (Å²) in [6.07, 6.45) is 1.24. The van der Waals surface area contributed by atoms with Gasteiger partial charge < -0.3 is 25.0 Å². The maximum atomic E-state index is 5.72. The zero-order valence-electron chi connectivity index (χ0n) is 15.0. The van der Waals surface area contributed by atoms with Gasteiger partial charge in [-0.3, -0.25) is 4.99 Å². The Morgan fingerprint density at radius 2 is 2.00 bits per heavy atom. The Morgan fingerprint density at radius 1 is 1.25 bits per heavy atom. The van der Waals surface area contributed by atoms with Crippen molar-refractivity contribution in [3.05, 3.63) is 24.3 Å². The normalized spacial score (nSPS) is 18.5. The first-order valence-electron chi connectivity index (χ1n) is 8.69. The molecule has 0 saturated carbocycles. The Morgan fingerprint density at radius 3 is 2.62 bits per heavy atom. The van der Waals surface area contributed by atoms with Crippen LogP contribution >= 0.6 is 0 Å². The van der Waals surface area contributed by atoms with Crippen LogP contribution in [-0.4, -0.2) is 64.3 Å². The number of benzene rings is 1. The summed E-state index contributed by atoms with van der Waals surface area (Å²) in [5, 5.41) is 6.61. The fourth-order valence-corrected chi connectivity index (χ4v) is 2.75. The van der Waals surface area contributed by atoms with E-state index in [-0.39, 0.29) is 0 Å². The number of likely N-dealkylation sites (tertiary alicyclic amines) is 1. The summed E-state index contributed by atoms with van der Waals surface area (Å²) < 4.78 is 10.9. The monoisotopic (exact) mass is 334 g/mol. The zero-order valence-corrected chi connectivity index (χ0v) is 15.0. The fourth-order valence-electron chi connectivity index (χ4n) is 2.75. The number of guanidine groups is 1. The molecule has 0 radical (unpaired) electrons. The van der Waals surface area contributed by atoms with Crippen LogP contribution in [0.2, 0.25) is 0 Å². The summed E-state index contributed by atoms with van der Waals surface area (Å²) in [6.45, 7) is 7.43. The lowest BCUT2D eigenvalue weighted by molar-refractivity contribution is 0.321. The van der Waals surface area contributed by atoms with Gasteiger partial charge in [0.05, 0.1) is 13.7 Å². The molecule has 0 amide bonds. The van der Waals surface area contributed by atoms with E-state index in [1.54, 1.807) is 7.11 Å². The molecule has 0 spiro atoms. The molecule has 0 aromatic heterocycles. The van der Waals surface area contributed by atoms with E-state index in [2.05, 4.69) is 29.5 Å². The van der Waals surface area contributed by atoms with Crippen molar-refractivity contribution in [2.45, 2.75) is 13.3 Å². The van der Waals surface area contributed by atoms with Gasteiger partial charge in [-0.05, 0) is 57.1 Å². The van der Waals surface area contributed by atoms with Crippen LogP contribution in [0.5, 0.6) is 11.5 Å². The molecule has 1 aliphatic heterocycles. The summed E-state index contributed by atoms with van der Waals surface area (Å²) in [6, 6.07) is 7.61. The lowest BCUT2D eigenvalue weighted by Crippen LogP contribution is -2.39. The van der Waals surface area contributed by atoms with Crippen LogP contribution in [-0.2, 0) is 0 Å². The third-order valence-electron chi connectivity index (χ3n) is 4.06. The molecule has 2 N–H and O–H groups in total. The number of nitrogens with zero attached hydrogens (tertiary/aromatic N) is 2. The van der Waals surface area contributed by atoms with E-state index in [9.17, 15) is 0 Å². The van der Waals surface area contributed by atoms with Gasteiger partial charge in [0, 0.05) is 19.6 Å². The molecule has 1 heterocycles. The SMILES string of the molecule is CCNC(=NCC1CCN(C)C1)NCCOc1ccc(OC)cc1. The number of aliphatic imine (C=N–C) groups is 1. The van der Waals surface area contributed by atoms with Crippen molar-refractivity contribution >= 4 is 5.96 Å². The molecule has 1 aliphatic rings. The minimum atomic E-state index is 0.586. The molecule has 1 fully saturated rings. The highest BCUT2D eigenvalue weighted by Crippen LogP contribution is 2.16. The summed E-state index contributed by atoms with van der Waals surface area (Å²) in [5.41, 5.74) is 0. The Balaban J connectivity index is 1.70. The number of methoxy groups -OCH3 is 1. The van der Waals surface area contributed by atoms with Gasteiger partial charge in [-0.2, -0.15) is 0 Å². The van der Waals surface area contributed by atoms with Gasteiger partial charge in [0.15, 0.2) is 5.96 Å². The van der Waals surface area contributed by atoms with E-state index >= 15 is 0 Å². The molecule has 1 unspecified atom stereocenters. The summed E-state index contributed by atoms with van der Waals surface area (Å²) >= 11 is 0. The van der Waals surface area contributed by atoms with Crippen molar-refractivity contribution in [1.29, 1.82) is 0 Å². The summed E-state index contributed by atoms with van der Waals surface area (Å²) in [5.74, 6) is 3.21. The molecule has 6 nitrogen and oxygen atoms in total. The molecule has 0 aliphatic carbocycles. The van der Waals surface area contributed by atoms with E-state index in [0.717, 1.165) is 37.1 Å². The van der Waals surface area contributed by atoms with Crippen LogP contribution in [0.4, 0.5) is 0 Å². The van der Waals surface area contributed by atoms with Gasteiger partial charge in [0.2, 0.25) is 0 Å². The minimum Gasteiger partial charge on any atom is -0.497 e. The Hall–Kier alpha value is -1.95. The average molecular weight is 334 g/mol. The highest BCUT2D eigenvalue weighted by molar-refractivity contribution is 5.79. The number of rotatable bonds is 8. The molecule has 1 atom stereocenters. The van der Waals surface area contributed by atoms with Crippen molar-refractivity contribution in [2.24, 2.45) is 10.9 Å². The molecule has 24 heavy (non-hydrogen) atoms. The van der Waals surface area contributed by atoms with E-state index in [1.807, 2.05) is 24.3 Å². The van der Waals surface area contributed by atoms with E-state index in [4.69, 9.17) is 14.5 Å². The molecule has 2 rings (SSSR count). The van der Waals surface area contributed by atoms with Crippen LogP contribution in [0.3, 0.4) is 0 Å². The van der Waals surface area contributed by atoms with Crippen LogP contribution in [0.15, 0.2) is 29.3 Å². The van der Waals surface area contributed by atoms with E-state index in [0.29, 0.717) is 19.1 Å². The van der Waals surface area contributed by atoms with Crippen molar-refractivity contribution in [3.63, 3.8) is 0 Å². The second kappa shape index (κ2) is 10.0. The van der Waals surface area contributed by atoms with Crippen LogP contribution < -0.4 is 20.1 Å². The largest absolute Gasteiger partial charge is 0.497 e. The second-order valence-electron chi connectivity index (χ2n) is 6.09. The molecule has 134 valence electrons. The molecular formula is C18H30N4O2. The zero-order chi connectivity index (χ0) is 17.2. The van der Waals surface area contributed by atoms with Gasteiger partial charge >= 0.3 is 0 Å². The van der Waals surface area contributed by atoms with Gasteiger partial charge in [-0.15, -0.1) is 0 Å². The van der Waals surface area contributed by atoms with Crippen LogP contribution in [0.1, 0.15) is 13.3 Å². The van der Waals surface area contributed by atoms with Gasteiger partial charge in [0.1, 0.15) is 18.1 Å². The Kier molecular flexibility index (Phi) is 7.68. The Bertz CT molecular complexity index is 504. The highest BCUT2D eigenvalue weighted by Gasteiger charge is 2.18. The van der Waals surface area contributed by atoms with Crippen molar-refractivity contribution in [1.82, 2.24) is 15.5 Å². The quantitative estimate of drug-likeness (QED) is 0.429. The van der Waals surface area contributed by atoms with E-state index < -0.39 is 0 Å². The van der Waals surface area contributed by atoms with Crippen molar-refractivity contribution in [2.75, 3.05) is 53.5 Å². The minimum absolute atomic E-state index is 0.586. The highest BCUT2D eigenvalue weighted by atomic mass is 16.5. The maximum Gasteiger partial charge on any atom is 0.191 e. The molecular weight excluding hydrogens is 304 g/mol. The van der Waals surface area contributed by atoms with Gasteiger partial charge in [-0.25, -0.2) is 0 Å². The molecule has 6 heteroatoms. The smallest absolute Gasteiger partial charge is 0.191 e. The topological polar surface area (TPSA) is 58.1 Å². The average Bonchev–Trinajstić information content (AvgIpc) is 3.02. The van der Waals surface area contributed by atoms with E-state index in [1.165, 1.54) is 13.0 Å². The number of nitrogens with one attached hydrogen (secondary N) is 2. The first-order chi connectivity index (χ1) is 11.7.